The molecule has 0 aliphatic carbocycles. The number of hydrogen-bond acceptors (Lipinski definition) is 1. The average molecular weight is 452 g/mol. The lowest BCUT2D eigenvalue weighted by Gasteiger charge is -2.18. The summed E-state index contributed by atoms with van der Waals surface area (Å²) in [5, 5.41) is 0. The molecular formula is C24H53O3P2+. The molecule has 0 radical (unpaired) electrons. The summed E-state index contributed by atoms with van der Waals surface area (Å²) in [5.41, 5.74) is 0. The zero-order chi connectivity index (χ0) is 22.0. The van der Waals surface area contributed by atoms with Crippen LogP contribution < -0.4 is 0 Å². The van der Waals surface area contributed by atoms with E-state index in [2.05, 4.69) is 20.8 Å². The molecule has 0 fully saturated rings. The topological polar surface area (TPSA) is 57.5 Å². The predicted molar refractivity (Wildman–Crippen MR) is 134 cm³/mol. The van der Waals surface area contributed by atoms with Gasteiger partial charge in [-0.05, 0) is 37.7 Å². The van der Waals surface area contributed by atoms with Crippen LogP contribution in [0.2, 0.25) is 0 Å². The highest BCUT2D eigenvalue weighted by Crippen LogP contribution is 2.39. The van der Waals surface area contributed by atoms with E-state index >= 15 is 0 Å². The smallest absolute Gasteiger partial charge is 0.134 e. The van der Waals surface area contributed by atoms with E-state index in [1.165, 1.54) is 116 Å². The Morgan fingerprint density at radius 1 is 0.483 bits per heavy atom. The van der Waals surface area contributed by atoms with Crippen molar-refractivity contribution in [3.8, 4) is 0 Å². The van der Waals surface area contributed by atoms with Crippen molar-refractivity contribution < 1.29 is 14.4 Å². The third kappa shape index (κ3) is 33.3. The standard InChI is InChI=1S/C24H51P.HO3P/c1-4-7-10-13-16-19-22-25(23-20-17-14-11-8-5-2)24-21-18-15-12-9-6-3;1-4(2)3/h4-24H2,1-3H3;(H-,1,2,3)/p+1. The van der Waals surface area contributed by atoms with Gasteiger partial charge in [0.1, 0.15) is 0 Å². The van der Waals surface area contributed by atoms with Gasteiger partial charge in [-0.15, -0.1) is 17.7 Å². The Balaban J connectivity index is 0. The van der Waals surface area contributed by atoms with Crippen LogP contribution >= 0.6 is 16.2 Å². The van der Waals surface area contributed by atoms with E-state index in [1.54, 1.807) is 18.5 Å². The van der Waals surface area contributed by atoms with Gasteiger partial charge in [-0.2, -0.15) is 0 Å². The molecule has 2 N–H and O–H groups in total. The van der Waals surface area contributed by atoms with Gasteiger partial charge in [0, 0.05) is 4.57 Å². The number of rotatable bonds is 21. The lowest BCUT2D eigenvalue weighted by Crippen LogP contribution is -1.97. The van der Waals surface area contributed by atoms with Crippen LogP contribution in [0.15, 0.2) is 0 Å². The monoisotopic (exact) mass is 451 g/mol. The first-order chi connectivity index (χ1) is 14.1. The van der Waals surface area contributed by atoms with Crippen LogP contribution in [-0.4, -0.2) is 28.3 Å². The van der Waals surface area contributed by atoms with Crippen LogP contribution in [0.5, 0.6) is 0 Å². The molecule has 0 aliphatic rings. The van der Waals surface area contributed by atoms with E-state index in [9.17, 15) is 0 Å². The molecule has 5 heteroatoms. The first kappa shape index (κ1) is 31.6. The summed E-state index contributed by atoms with van der Waals surface area (Å²) in [7, 11) is -2.50. The summed E-state index contributed by atoms with van der Waals surface area (Å²) >= 11 is 0. The molecule has 29 heavy (non-hydrogen) atoms. The van der Waals surface area contributed by atoms with Crippen LogP contribution in [0.25, 0.3) is 0 Å². The Labute approximate surface area is 185 Å². The van der Waals surface area contributed by atoms with Gasteiger partial charge >= 0.3 is 8.25 Å². The first-order valence-corrected chi connectivity index (χ1v) is 15.7. The molecule has 0 aromatic carbocycles. The molecule has 0 atom stereocenters. The maximum absolute atomic E-state index is 8.70. The third-order valence-electron chi connectivity index (χ3n) is 5.48. The first-order valence-electron chi connectivity index (χ1n) is 12.7. The van der Waals surface area contributed by atoms with Crippen LogP contribution in [0.3, 0.4) is 0 Å². The Hall–Kier alpha value is 0.450. The molecule has 3 nitrogen and oxygen atoms in total. The highest BCUT2D eigenvalue weighted by atomic mass is 31.1. The van der Waals surface area contributed by atoms with E-state index in [1.807, 2.05) is 0 Å². The minimum absolute atomic E-state index is 0.366. The predicted octanol–water partition coefficient (Wildman–Crippen LogP) is 9.18. The van der Waals surface area contributed by atoms with Crippen molar-refractivity contribution in [1.29, 1.82) is 0 Å². The summed E-state index contributed by atoms with van der Waals surface area (Å²) in [6.45, 7) is 6.96. The highest BCUT2D eigenvalue weighted by Gasteiger charge is 2.07. The molecule has 0 heterocycles. The molecule has 0 aromatic heterocycles. The van der Waals surface area contributed by atoms with Gasteiger partial charge in [0.05, 0.1) is 0 Å². The second kappa shape index (κ2) is 28.5. The average Bonchev–Trinajstić information content (AvgIpc) is 2.68. The van der Waals surface area contributed by atoms with Gasteiger partial charge in [-0.25, -0.2) is 0 Å². The summed E-state index contributed by atoms with van der Waals surface area (Å²) < 4.78 is 8.70. The van der Waals surface area contributed by atoms with Crippen LogP contribution in [0, 0.1) is 0 Å². The zero-order valence-corrected chi connectivity index (χ0v) is 21.8. The van der Waals surface area contributed by atoms with Gasteiger partial charge in [0.25, 0.3) is 0 Å². The fourth-order valence-electron chi connectivity index (χ4n) is 3.68. The van der Waals surface area contributed by atoms with E-state index in [4.69, 9.17) is 14.4 Å². The minimum Gasteiger partial charge on any atom is -0.134 e. The van der Waals surface area contributed by atoms with Crippen molar-refractivity contribution in [1.82, 2.24) is 0 Å². The van der Waals surface area contributed by atoms with Crippen molar-refractivity contribution in [3.63, 3.8) is 0 Å². The molecule has 0 amide bonds. The lowest BCUT2D eigenvalue weighted by atomic mass is 10.1. The van der Waals surface area contributed by atoms with Crippen LogP contribution in [0.1, 0.15) is 136 Å². The van der Waals surface area contributed by atoms with Gasteiger partial charge in [-0.3, -0.25) is 0 Å². The fraction of sp³-hybridized carbons (Fsp3) is 1.00. The van der Waals surface area contributed by atoms with Crippen molar-refractivity contribution in [2.45, 2.75) is 136 Å². The van der Waals surface area contributed by atoms with E-state index in [0.29, 0.717) is 7.92 Å². The molecular weight excluding hydrogens is 398 g/mol. The summed E-state index contributed by atoms with van der Waals surface area (Å²) in [4.78, 5) is 14.2. The molecule has 176 valence electrons. The number of unbranched alkanes of at least 4 members (excludes halogenated alkanes) is 15. The zero-order valence-electron chi connectivity index (χ0n) is 20.0. The molecule has 0 aromatic rings. The molecule has 0 rings (SSSR count). The Bertz CT molecular complexity index is 272. The highest BCUT2D eigenvalue weighted by molar-refractivity contribution is 7.57. The number of hydrogen-bond donors (Lipinski definition) is 2. The molecule has 0 saturated carbocycles. The second-order valence-corrected chi connectivity index (χ2v) is 11.6. The summed E-state index contributed by atoms with van der Waals surface area (Å²) in [5.74, 6) is 0. The Kier molecular flexibility index (Phi) is 31.0. The molecule has 0 saturated heterocycles. The Morgan fingerprint density at radius 2 is 0.690 bits per heavy atom. The summed E-state index contributed by atoms with van der Waals surface area (Å²) in [6.07, 6.45) is 31.2. The van der Waals surface area contributed by atoms with E-state index < -0.39 is 8.25 Å². The lowest BCUT2D eigenvalue weighted by molar-refractivity contribution is 0.405. The molecule has 0 spiro atoms. The van der Waals surface area contributed by atoms with Crippen LogP contribution in [0.4, 0.5) is 0 Å². The molecule has 0 aliphatic heterocycles. The van der Waals surface area contributed by atoms with Gasteiger partial charge in [0.15, 0.2) is 0 Å². The maximum atomic E-state index is 8.70. The quantitative estimate of drug-likeness (QED) is 0.135. The van der Waals surface area contributed by atoms with Crippen LogP contribution in [-0.2, 0) is 4.57 Å². The second-order valence-electron chi connectivity index (χ2n) is 8.40. The molecule has 0 bridgehead atoms. The maximum Gasteiger partial charge on any atom is 0.692 e. The largest absolute Gasteiger partial charge is 0.692 e. The van der Waals surface area contributed by atoms with Crippen molar-refractivity contribution in [2.75, 3.05) is 18.5 Å². The van der Waals surface area contributed by atoms with Gasteiger partial charge < -0.3 is 0 Å². The van der Waals surface area contributed by atoms with Crippen molar-refractivity contribution in [3.05, 3.63) is 0 Å². The summed E-state index contributed by atoms with van der Waals surface area (Å²) in [6, 6.07) is 0. The fourth-order valence-corrected chi connectivity index (χ4v) is 6.37. The molecule has 0 unspecified atom stereocenters. The third-order valence-corrected chi connectivity index (χ3v) is 8.33. The van der Waals surface area contributed by atoms with Gasteiger partial charge in [0.2, 0.25) is 0 Å². The SMILES string of the molecule is CCCCCCCCP(CCCCCCCC)CCCCCCCC.O=[P+](O)O. The Morgan fingerprint density at radius 3 is 0.931 bits per heavy atom. The van der Waals surface area contributed by atoms with Crippen molar-refractivity contribution in [2.24, 2.45) is 0 Å². The van der Waals surface area contributed by atoms with Gasteiger partial charge in [-0.1, -0.05) is 117 Å². The minimum atomic E-state index is -2.87. The van der Waals surface area contributed by atoms with E-state index in [0.717, 1.165) is 0 Å². The van der Waals surface area contributed by atoms with E-state index in [-0.39, 0.29) is 0 Å². The normalized spacial score (nSPS) is 10.8. The van der Waals surface area contributed by atoms with Crippen molar-refractivity contribution >= 4 is 16.2 Å².